The molecule has 0 heterocycles. The Morgan fingerprint density at radius 2 is 1.47 bits per heavy atom. The zero-order valence-corrected chi connectivity index (χ0v) is 7.63. The zero-order chi connectivity index (χ0) is 8.53. The highest BCUT2D eigenvalue weighted by atomic mass is 16.5. The van der Waals surface area contributed by atoms with E-state index in [0.717, 1.165) is 6.42 Å². The molecular formula is C12H34O3. The lowest BCUT2D eigenvalue weighted by Crippen LogP contribution is -2.18. The first-order chi connectivity index (χ1) is 5.35. The highest BCUT2D eigenvalue weighted by Crippen LogP contribution is 1.95. The van der Waals surface area contributed by atoms with Crippen molar-refractivity contribution in [1.29, 1.82) is 0 Å². The van der Waals surface area contributed by atoms with Crippen molar-refractivity contribution >= 4 is 0 Å². The molecule has 0 saturated carbocycles. The van der Waals surface area contributed by atoms with E-state index in [9.17, 15) is 0 Å². The van der Waals surface area contributed by atoms with Crippen LogP contribution in [-0.2, 0) is 14.2 Å². The molecule has 1 unspecified atom stereocenters. The second-order valence-electron chi connectivity index (χ2n) is 2.33. The second kappa shape index (κ2) is 23.6. The van der Waals surface area contributed by atoms with Crippen LogP contribution < -0.4 is 0 Å². The minimum absolute atomic E-state index is 0. The fraction of sp³-hybridized carbons (Fsp3) is 1.00. The molecule has 100 valence electrons. The molecule has 0 bridgehead atoms. The highest BCUT2D eigenvalue weighted by Gasteiger charge is 2.02. The lowest BCUT2D eigenvalue weighted by Gasteiger charge is -2.12. The summed E-state index contributed by atoms with van der Waals surface area (Å²) in [7, 11) is 3.37. The Kier molecular flexibility index (Phi) is 46.2. The fourth-order valence-corrected chi connectivity index (χ4v) is 0.710. The van der Waals surface area contributed by atoms with Gasteiger partial charge in [-0.3, -0.25) is 0 Å². The van der Waals surface area contributed by atoms with E-state index in [0.29, 0.717) is 19.8 Å². The van der Waals surface area contributed by atoms with Gasteiger partial charge >= 0.3 is 0 Å². The predicted octanol–water partition coefficient (Wildman–Crippen LogP) is 3.62. The van der Waals surface area contributed by atoms with Crippen LogP contribution >= 0.6 is 0 Å². The minimum atomic E-state index is 0. The van der Waals surface area contributed by atoms with Crippen molar-refractivity contribution in [2.75, 3.05) is 34.0 Å². The normalized spacial score (nSPS) is 9.80. The van der Waals surface area contributed by atoms with Crippen molar-refractivity contribution in [2.24, 2.45) is 0 Å². The van der Waals surface area contributed by atoms with Crippen molar-refractivity contribution in [3.05, 3.63) is 0 Å². The number of methoxy groups -OCH3 is 2. The Labute approximate surface area is 98.1 Å². The van der Waals surface area contributed by atoms with Crippen molar-refractivity contribution in [3.63, 3.8) is 0 Å². The molecule has 0 amide bonds. The van der Waals surface area contributed by atoms with E-state index in [-0.39, 0.29) is 35.8 Å². The maximum atomic E-state index is 5.27. The molecule has 0 fully saturated rings. The number of hydrogen-bond donors (Lipinski definition) is 0. The molecule has 0 aliphatic carbocycles. The summed E-state index contributed by atoms with van der Waals surface area (Å²) in [6, 6.07) is 0. The number of rotatable bonds is 7. The van der Waals surface area contributed by atoms with Crippen LogP contribution in [0.1, 0.15) is 43.1 Å². The third-order valence-electron chi connectivity index (χ3n) is 1.52. The maximum absolute atomic E-state index is 5.27. The molecule has 15 heavy (non-hydrogen) atoms. The lowest BCUT2D eigenvalue weighted by molar-refractivity contribution is -0.00831. The molecule has 0 aromatic heterocycles. The Morgan fingerprint density at radius 1 is 0.933 bits per heavy atom. The third kappa shape index (κ3) is 20.1. The van der Waals surface area contributed by atoms with Gasteiger partial charge in [-0.05, 0) is 6.42 Å². The first kappa shape index (κ1) is 29.4. The van der Waals surface area contributed by atoms with Crippen LogP contribution in [-0.4, -0.2) is 40.1 Å². The molecule has 3 nitrogen and oxygen atoms in total. The van der Waals surface area contributed by atoms with Crippen LogP contribution in [0.25, 0.3) is 0 Å². The molecule has 0 aromatic rings. The smallest absolute Gasteiger partial charge is 0.0802 e. The summed E-state index contributed by atoms with van der Waals surface area (Å²) in [5.41, 5.74) is 0. The zero-order valence-electron chi connectivity index (χ0n) is 7.63. The predicted molar refractivity (Wildman–Crippen MR) is 70.7 cm³/mol. The van der Waals surface area contributed by atoms with Crippen molar-refractivity contribution in [1.82, 2.24) is 0 Å². The second-order valence-corrected chi connectivity index (χ2v) is 2.33. The molecule has 0 aliphatic heterocycles. The third-order valence-corrected chi connectivity index (χ3v) is 1.52. The largest absolute Gasteiger partial charge is 0.382 e. The van der Waals surface area contributed by atoms with E-state index >= 15 is 0 Å². The average Bonchev–Trinajstić information content (AvgIpc) is 2.05. The number of hydrogen-bond acceptors (Lipinski definition) is 3. The van der Waals surface area contributed by atoms with Gasteiger partial charge in [-0.25, -0.2) is 0 Å². The molecule has 1 atom stereocenters. The summed E-state index contributed by atoms with van der Waals surface area (Å²) < 4.78 is 15.2. The van der Waals surface area contributed by atoms with Crippen LogP contribution in [0.3, 0.4) is 0 Å². The molecule has 0 rings (SSSR count). The maximum Gasteiger partial charge on any atom is 0.0802 e. The minimum Gasteiger partial charge on any atom is -0.382 e. The van der Waals surface area contributed by atoms with Crippen molar-refractivity contribution in [3.8, 4) is 0 Å². The molecule has 0 aliphatic rings. The topological polar surface area (TPSA) is 27.7 Å². The molecular weight excluding hydrogens is 192 g/mol. The number of ether oxygens (including phenoxy) is 3. The van der Waals surface area contributed by atoms with Gasteiger partial charge in [-0.15, -0.1) is 0 Å². The summed E-state index contributed by atoms with van der Waals surface area (Å²) in [6.07, 6.45) is 1.22. The summed E-state index contributed by atoms with van der Waals surface area (Å²) >= 11 is 0. The quantitative estimate of drug-likeness (QED) is 0.621. The Balaban J connectivity index is -0.0000000833. The highest BCUT2D eigenvalue weighted by molar-refractivity contribution is 4.50. The van der Waals surface area contributed by atoms with Crippen molar-refractivity contribution < 1.29 is 14.2 Å². The van der Waals surface area contributed by atoms with Gasteiger partial charge in [0.1, 0.15) is 0 Å². The van der Waals surface area contributed by atoms with Gasteiger partial charge < -0.3 is 14.2 Å². The average molecular weight is 226 g/mol. The van der Waals surface area contributed by atoms with Gasteiger partial charge in [0.2, 0.25) is 0 Å². The molecule has 0 saturated heterocycles. The van der Waals surface area contributed by atoms with E-state index in [1.54, 1.807) is 14.2 Å². The van der Waals surface area contributed by atoms with Crippen LogP contribution in [0.5, 0.6) is 0 Å². The van der Waals surface area contributed by atoms with Gasteiger partial charge in [0.15, 0.2) is 0 Å². The van der Waals surface area contributed by atoms with Crippen molar-refractivity contribution in [2.45, 2.75) is 49.2 Å². The summed E-state index contributed by atoms with van der Waals surface area (Å²) in [6.45, 7) is 4.04. The van der Waals surface area contributed by atoms with Gasteiger partial charge in [-0.1, -0.05) is 36.6 Å². The summed E-state index contributed by atoms with van der Waals surface area (Å²) in [5, 5.41) is 0. The SMILES string of the molecule is C.C.C.C.CCC(COCCOC)OC. The Hall–Kier alpha value is -0.120. The van der Waals surface area contributed by atoms with E-state index in [1.165, 1.54) is 0 Å². The Bertz CT molecular complexity index is 73.3. The van der Waals surface area contributed by atoms with Gasteiger partial charge in [0.25, 0.3) is 0 Å². The molecule has 0 spiro atoms. The van der Waals surface area contributed by atoms with Gasteiger partial charge in [0, 0.05) is 14.2 Å². The van der Waals surface area contributed by atoms with Crippen LogP contribution in [0, 0.1) is 0 Å². The summed E-state index contributed by atoms with van der Waals surface area (Å²) in [5.74, 6) is 0. The van der Waals surface area contributed by atoms with E-state index < -0.39 is 0 Å². The van der Waals surface area contributed by atoms with E-state index in [2.05, 4.69) is 6.92 Å². The monoisotopic (exact) mass is 226 g/mol. The molecule has 0 N–H and O–H groups in total. The molecule has 3 heteroatoms. The standard InChI is InChI=1S/C8H18O3.4CH4/c1-4-8(10-3)7-11-6-5-9-2;;;;/h8H,4-7H2,1-3H3;4*1H4. The molecule has 0 radical (unpaired) electrons. The van der Waals surface area contributed by atoms with Crippen LogP contribution in [0.15, 0.2) is 0 Å². The van der Waals surface area contributed by atoms with Crippen LogP contribution in [0.2, 0.25) is 0 Å². The Morgan fingerprint density at radius 3 is 1.80 bits per heavy atom. The fourth-order valence-electron chi connectivity index (χ4n) is 0.710. The first-order valence-corrected chi connectivity index (χ1v) is 3.94. The van der Waals surface area contributed by atoms with E-state index in [4.69, 9.17) is 14.2 Å². The van der Waals surface area contributed by atoms with Gasteiger partial charge in [0.05, 0.1) is 25.9 Å². The summed E-state index contributed by atoms with van der Waals surface area (Å²) in [4.78, 5) is 0. The van der Waals surface area contributed by atoms with E-state index in [1.807, 2.05) is 0 Å². The van der Waals surface area contributed by atoms with Crippen LogP contribution in [0.4, 0.5) is 0 Å². The molecule has 0 aromatic carbocycles. The lowest BCUT2D eigenvalue weighted by atomic mass is 10.3. The van der Waals surface area contributed by atoms with Gasteiger partial charge in [-0.2, -0.15) is 0 Å². The first-order valence-electron chi connectivity index (χ1n) is 3.94.